The van der Waals surface area contributed by atoms with E-state index >= 15 is 0 Å². The monoisotopic (exact) mass is 659 g/mol. The molecule has 0 saturated carbocycles. The molecule has 0 radical (unpaired) electrons. The molecule has 0 bridgehead atoms. The van der Waals surface area contributed by atoms with E-state index in [1.54, 1.807) is 11.3 Å². The second kappa shape index (κ2) is 11.5. The molecule has 0 aliphatic rings. The van der Waals surface area contributed by atoms with Crippen LogP contribution in [0.15, 0.2) is 156 Å². The maximum Gasteiger partial charge on any atom is 0.180 e. The molecule has 7 heteroatoms. The number of rotatable bonds is 5. The molecule has 0 aliphatic carbocycles. The van der Waals surface area contributed by atoms with E-state index in [1.807, 2.05) is 109 Å². The van der Waals surface area contributed by atoms with Crippen molar-refractivity contribution in [2.45, 2.75) is 0 Å². The van der Waals surface area contributed by atoms with Gasteiger partial charge in [-0.15, -0.1) is 11.3 Å². The number of thiophene rings is 1. The summed E-state index contributed by atoms with van der Waals surface area (Å²) in [4.78, 5) is 25.3. The average Bonchev–Trinajstić information content (AvgIpc) is 3.77. The van der Waals surface area contributed by atoms with Crippen LogP contribution in [0.4, 0.5) is 0 Å². The van der Waals surface area contributed by atoms with Crippen LogP contribution in [0.1, 0.15) is 0 Å². The van der Waals surface area contributed by atoms with Gasteiger partial charge >= 0.3 is 0 Å². The lowest BCUT2D eigenvalue weighted by atomic mass is 10.0. The molecule has 4 aromatic heterocycles. The molecule has 0 aliphatic heterocycles. The molecular weight excluding hydrogens is 635 g/mol. The van der Waals surface area contributed by atoms with Crippen LogP contribution in [0.25, 0.3) is 99.1 Å². The molecule has 0 amide bonds. The average molecular weight is 660 g/mol. The van der Waals surface area contributed by atoms with Crippen LogP contribution < -0.4 is 0 Å². The first kappa shape index (κ1) is 28.4. The lowest BCUT2D eigenvalue weighted by molar-refractivity contribution is 0.667. The van der Waals surface area contributed by atoms with Crippen molar-refractivity contribution in [3.05, 3.63) is 152 Å². The predicted octanol–water partition coefficient (Wildman–Crippen LogP) is 11.3. The van der Waals surface area contributed by atoms with E-state index in [4.69, 9.17) is 29.3 Å². The zero-order valence-corrected chi connectivity index (χ0v) is 27.3. The van der Waals surface area contributed by atoms with E-state index in [1.165, 1.54) is 0 Å². The maximum absolute atomic E-state index is 6.51. The number of aromatic nitrogens is 5. The number of hydrogen-bond acceptors (Lipinski definition) is 7. The zero-order chi connectivity index (χ0) is 33.0. The Morgan fingerprint density at radius 1 is 0.420 bits per heavy atom. The second-order valence-electron chi connectivity index (χ2n) is 12.0. The number of hydrogen-bond donors (Lipinski definition) is 0. The Morgan fingerprint density at radius 2 is 0.960 bits per heavy atom. The second-order valence-corrected chi connectivity index (χ2v) is 13.1. The van der Waals surface area contributed by atoms with Crippen LogP contribution >= 0.6 is 11.3 Å². The molecule has 6 aromatic carbocycles. The lowest BCUT2D eigenvalue weighted by Crippen LogP contribution is -2.00. The van der Waals surface area contributed by atoms with Crippen LogP contribution in [0.3, 0.4) is 0 Å². The van der Waals surface area contributed by atoms with Gasteiger partial charge in [0.2, 0.25) is 0 Å². The third-order valence-electron chi connectivity index (χ3n) is 8.97. The van der Waals surface area contributed by atoms with Gasteiger partial charge in [-0.25, -0.2) is 24.9 Å². The van der Waals surface area contributed by atoms with E-state index in [0.717, 1.165) is 70.2 Å². The third-order valence-corrected chi connectivity index (χ3v) is 10.2. The number of nitrogens with zero attached hydrogens (tertiary/aromatic N) is 5. The van der Waals surface area contributed by atoms with Crippen LogP contribution in [0.2, 0.25) is 0 Å². The smallest absolute Gasteiger partial charge is 0.180 e. The van der Waals surface area contributed by atoms with Crippen molar-refractivity contribution in [3.8, 4) is 56.8 Å². The van der Waals surface area contributed by atoms with Crippen LogP contribution in [0, 0.1) is 0 Å². The minimum absolute atomic E-state index is 0.626. The fourth-order valence-electron chi connectivity index (χ4n) is 6.64. The SMILES string of the molecule is c1ccc(-c2nc(-c3ccccc3)nc(-c3cccc4sc5c(-c6nc(-c7ccccc7)nc7c6oc6ccccc67)cccc5c34)n2)cc1. The van der Waals surface area contributed by atoms with Crippen molar-refractivity contribution in [1.29, 1.82) is 0 Å². The first-order valence-electron chi connectivity index (χ1n) is 16.3. The fourth-order valence-corrected chi connectivity index (χ4v) is 7.88. The highest BCUT2D eigenvalue weighted by Gasteiger charge is 2.22. The summed E-state index contributed by atoms with van der Waals surface area (Å²) in [5.41, 5.74) is 7.78. The van der Waals surface area contributed by atoms with Gasteiger partial charge in [0.15, 0.2) is 28.9 Å². The molecule has 10 rings (SSSR count). The molecule has 234 valence electrons. The Kier molecular flexibility index (Phi) is 6.57. The highest BCUT2D eigenvalue weighted by atomic mass is 32.1. The van der Waals surface area contributed by atoms with Crippen LogP contribution in [-0.2, 0) is 0 Å². The maximum atomic E-state index is 6.51. The minimum Gasteiger partial charge on any atom is -0.452 e. The topological polar surface area (TPSA) is 77.6 Å². The Balaban J connectivity index is 1.23. The Labute approximate surface area is 290 Å². The molecule has 0 spiro atoms. The van der Waals surface area contributed by atoms with Gasteiger partial charge in [0.1, 0.15) is 16.8 Å². The quantitative estimate of drug-likeness (QED) is 0.183. The van der Waals surface area contributed by atoms with Crippen LogP contribution in [0.5, 0.6) is 0 Å². The molecule has 0 unspecified atom stereocenters. The molecule has 0 N–H and O–H groups in total. The zero-order valence-electron chi connectivity index (χ0n) is 26.5. The van der Waals surface area contributed by atoms with Gasteiger partial charge in [0, 0.05) is 53.4 Å². The Bertz CT molecular complexity index is 2810. The lowest BCUT2D eigenvalue weighted by Gasteiger charge is -2.10. The van der Waals surface area contributed by atoms with Crippen molar-refractivity contribution < 1.29 is 4.42 Å². The van der Waals surface area contributed by atoms with E-state index < -0.39 is 0 Å². The standard InChI is InChI=1S/C43H25N5OS/c1-4-14-26(15-5-1)40-44-36-29-20-10-11-24-33(29)49-38(36)37(45-40)32-23-12-21-30-35-31(22-13-25-34(35)50-39(30)32)43-47-41(27-16-6-2-7-17-27)46-42(48-43)28-18-8-3-9-19-28/h1-25H. The number of benzene rings is 6. The first-order valence-corrected chi connectivity index (χ1v) is 17.2. The Hall–Kier alpha value is -6.57. The summed E-state index contributed by atoms with van der Waals surface area (Å²) < 4.78 is 8.75. The molecule has 4 heterocycles. The van der Waals surface area contributed by atoms with Crippen molar-refractivity contribution in [1.82, 2.24) is 24.9 Å². The van der Waals surface area contributed by atoms with Gasteiger partial charge in [0.25, 0.3) is 0 Å². The van der Waals surface area contributed by atoms with Gasteiger partial charge in [0.05, 0.1) is 0 Å². The summed E-state index contributed by atoms with van der Waals surface area (Å²) in [5, 5.41) is 3.16. The summed E-state index contributed by atoms with van der Waals surface area (Å²) in [6.45, 7) is 0. The molecule has 50 heavy (non-hydrogen) atoms. The molecule has 0 fully saturated rings. The molecule has 6 nitrogen and oxygen atoms in total. The summed E-state index contributed by atoms with van der Waals surface area (Å²) in [6, 6.07) is 51.1. The van der Waals surface area contributed by atoms with E-state index in [0.29, 0.717) is 28.9 Å². The number of fused-ring (bicyclic) bond motifs is 6. The minimum atomic E-state index is 0.626. The van der Waals surface area contributed by atoms with E-state index in [-0.39, 0.29) is 0 Å². The van der Waals surface area contributed by atoms with E-state index in [9.17, 15) is 0 Å². The number of para-hydroxylation sites is 1. The molecular formula is C43H25N5OS. The van der Waals surface area contributed by atoms with Gasteiger partial charge in [-0.05, 0) is 18.2 Å². The van der Waals surface area contributed by atoms with Crippen molar-refractivity contribution in [2.24, 2.45) is 0 Å². The summed E-state index contributed by atoms with van der Waals surface area (Å²) >= 11 is 1.74. The summed E-state index contributed by atoms with van der Waals surface area (Å²) in [5.74, 6) is 2.55. The summed E-state index contributed by atoms with van der Waals surface area (Å²) in [6.07, 6.45) is 0. The highest BCUT2D eigenvalue weighted by Crippen LogP contribution is 2.45. The summed E-state index contributed by atoms with van der Waals surface area (Å²) in [7, 11) is 0. The van der Waals surface area contributed by atoms with Crippen molar-refractivity contribution in [2.75, 3.05) is 0 Å². The molecule has 0 saturated heterocycles. The number of furan rings is 1. The predicted molar refractivity (Wildman–Crippen MR) is 203 cm³/mol. The normalized spacial score (nSPS) is 11.6. The van der Waals surface area contributed by atoms with Crippen molar-refractivity contribution >= 4 is 53.6 Å². The van der Waals surface area contributed by atoms with Gasteiger partial charge in [-0.1, -0.05) is 133 Å². The third kappa shape index (κ3) is 4.67. The Morgan fingerprint density at radius 3 is 1.64 bits per heavy atom. The fraction of sp³-hybridized carbons (Fsp3) is 0. The van der Waals surface area contributed by atoms with Gasteiger partial charge in [-0.3, -0.25) is 0 Å². The molecule has 10 aromatic rings. The van der Waals surface area contributed by atoms with Gasteiger partial charge in [-0.2, -0.15) is 0 Å². The van der Waals surface area contributed by atoms with Gasteiger partial charge < -0.3 is 4.42 Å². The van der Waals surface area contributed by atoms with E-state index in [2.05, 4.69) is 42.5 Å². The van der Waals surface area contributed by atoms with Crippen LogP contribution in [-0.4, -0.2) is 24.9 Å². The largest absolute Gasteiger partial charge is 0.452 e. The highest BCUT2D eigenvalue weighted by molar-refractivity contribution is 7.26. The molecule has 0 atom stereocenters. The first-order chi connectivity index (χ1) is 24.8. The van der Waals surface area contributed by atoms with Crippen molar-refractivity contribution in [3.63, 3.8) is 0 Å².